The summed E-state index contributed by atoms with van der Waals surface area (Å²) in [4.78, 5) is 16.2. The highest BCUT2D eigenvalue weighted by Crippen LogP contribution is 2.43. The zero-order valence-corrected chi connectivity index (χ0v) is 48.8. The highest BCUT2D eigenvalue weighted by molar-refractivity contribution is 6.62. The van der Waals surface area contributed by atoms with Gasteiger partial charge in [0.25, 0.3) is 0 Å². The van der Waals surface area contributed by atoms with Crippen molar-refractivity contribution in [2.75, 3.05) is 0 Å². The lowest BCUT2D eigenvalue weighted by atomic mass is 9.68. The van der Waals surface area contributed by atoms with Gasteiger partial charge >= 0.3 is 13.3 Å². The molecule has 1 fully saturated rings. The van der Waals surface area contributed by atoms with Crippen molar-refractivity contribution in [3.05, 3.63) is 170 Å². The third kappa shape index (κ3) is 13.9. The van der Waals surface area contributed by atoms with Gasteiger partial charge in [-0.1, -0.05) is 177 Å². The molecule has 0 radical (unpaired) electrons. The fourth-order valence-electron chi connectivity index (χ4n) is 10.7. The van der Waals surface area contributed by atoms with Crippen LogP contribution in [0.15, 0.2) is 103 Å². The minimum atomic E-state index is -0.749. The van der Waals surface area contributed by atoms with Crippen molar-refractivity contribution >= 4 is 30.9 Å². The maximum atomic E-state index is 14.5. The van der Waals surface area contributed by atoms with Gasteiger partial charge in [0.05, 0.1) is 22.4 Å². The quantitative estimate of drug-likeness (QED) is 0.0801. The number of halogens is 1. The largest absolute Gasteiger partial charge is 0.495 e. The molecule has 404 valence electrons. The van der Waals surface area contributed by atoms with Crippen molar-refractivity contribution < 1.29 is 33.5 Å². The minimum absolute atomic E-state index is 0.0696. The Hall–Kier alpha value is -5.21. The maximum Gasteiger partial charge on any atom is 0.495 e. The van der Waals surface area contributed by atoms with E-state index in [0.717, 1.165) is 64.5 Å². The summed E-state index contributed by atoms with van der Waals surface area (Å²) in [5.74, 6) is -0.129. The maximum absolute atomic E-state index is 14.5. The topological polar surface area (TPSA) is 93.1 Å². The number of hydrogen-bond donors (Lipinski definition) is 2. The van der Waals surface area contributed by atoms with E-state index in [0.29, 0.717) is 32.1 Å². The number of carbonyl (C=O) groups excluding carboxylic acids is 2. The molecule has 0 aliphatic carbocycles. The standard InChI is InChI=1S/C34H43FO.C32H47BO3.CO2/c1-8-26-13-14-28(23-32(26)35)31-18-17-30(22-25(31)7)34(11-4,12-5)29-16-15-27(24(6)21-29)19-20-33(36,9-2)10-3;1-11-31(34,12-2)20-19-25-15-16-26(21-23(25)5)32(13-3,14-4)27-17-18-28(24(6)22-27)33-35-29(7,8)30(9,10)36-33;2-1-3/h13-23,36H,8-12H2,1-7H3;15-22,34H,11-14H2,1-10H3;/b2*20-19+;. The summed E-state index contributed by atoms with van der Waals surface area (Å²) in [7, 11) is -0.347. The zero-order chi connectivity index (χ0) is 56.2. The summed E-state index contributed by atoms with van der Waals surface area (Å²) in [6.07, 6.45) is 15.8. The summed E-state index contributed by atoms with van der Waals surface area (Å²) >= 11 is 0. The molecule has 1 heterocycles. The Kier molecular flexibility index (Phi) is 21.8. The molecule has 0 spiro atoms. The van der Waals surface area contributed by atoms with E-state index in [1.54, 1.807) is 6.07 Å². The molecular weight excluding hydrogens is 931 g/mol. The van der Waals surface area contributed by atoms with E-state index in [2.05, 4.69) is 168 Å². The molecule has 1 aliphatic rings. The minimum Gasteiger partial charge on any atom is -0.399 e. The van der Waals surface area contributed by atoms with Gasteiger partial charge in [-0.3, -0.25) is 0 Å². The molecule has 0 aromatic heterocycles. The Morgan fingerprint density at radius 1 is 0.520 bits per heavy atom. The van der Waals surface area contributed by atoms with E-state index in [1.807, 2.05) is 58.9 Å². The third-order valence-corrected chi connectivity index (χ3v) is 17.5. The second-order valence-electron chi connectivity index (χ2n) is 21.9. The van der Waals surface area contributed by atoms with Gasteiger partial charge in [0.1, 0.15) is 5.82 Å². The highest BCUT2D eigenvalue weighted by atomic mass is 19.1. The van der Waals surface area contributed by atoms with Crippen LogP contribution in [0, 0.1) is 33.5 Å². The van der Waals surface area contributed by atoms with Gasteiger partial charge in [0, 0.05) is 10.8 Å². The Labute approximate surface area is 452 Å². The van der Waals surface area contributed by atoms with Crippen molar-refractivity contribution in [1.29, 1.82) is 0 Å². The lowest BCUT2D eigenvalue weighted by Crippen LogP contribution is -2.41. The first kappa shape index (κ1) is 62.3. The van der Waals surface area contributed by atoms with Crippen LogP contribution in [0.5, 0.6) is 0 Å². The van der Waals surface area contributed by atoms with Gasteiger partial charge in [0.2, 0.25) is 0 Å². The molecule has 0 unspecified atom stereocenters. The second kappa shape index (κ2) is 26.2. The van der Waals surface area contributed by atoms with Gasteiger partial charge < -0.3 is 19.5 Å². The fraction of sp³-hybridized carbons (Fsp3) is 0.478. The summed E-state index contributed by atoms with van der Waals surface area (Å²) in [6, 6.07) is 32.6. The number of benzene rings is 5. The Bertz CT molecular complexity index is 2760. The molecule has 1 saturated heterocycles. The van der Waals surface area contributed by atoms with Crippen LogP contribution in [0.4, 0.5) is 4.39 Å². The summed E-state index contributed by atoms with van der Waals surface area (Å²) < 4.78 is 27.2. The molecule has 0 amide bonds. The fourth-order valence-corrected chi connectivity index (χ4v) is 10.7. The van der Waals surface area contributed by atoms with E-state index >= 15 is 0 Å². The second-order valence-corrected chi connectivity index (χ2v) is 21.9. The molecule has 6 rings (SSSR count). The van der Waals surface area contributed by atoms with E-state index in [9.17, 15) is 14.6 Å². The molecule has 0 saturated carbocycles. The number of hydrogen-bond acceptors (Lipinski definition) is 6. The SMILES string of the molecule is CCC(O)(/C=C/c1ccc(C(CC)(CC)c2ccc(B3OC(C)(C)C(C)(C)O3)c(C)c2)cc1C)CC.CCc1ccc(-c2ccc(C(CC)(CC)c3ccc(/C=C/C(O)(CC)CC)c(C)c3)cc2C)cc1F.O=C=O. The summed E-state index contributed by atoms with van der Waals surface area (Å²) in [6.45, 7) is 36.2. The average molecular weight is 1020 g/mol. The number of aliphatic hydroxyl groups is 2. The molecule has 1 aliphatic heterocycles. The predicted octanol–water partition coefficient (Wildman–Crippen LogP) is 16.0. The van der Waals surface area contributed by atoms with Crippen LogP contribution in [-0.4, -0.2) is 45.9 Å². The Morgan fingerprint density at radius 3 is 1.23 bits per heavy atom. The number of aryl methyl sites for hydroxylation is 5. The summed E-state index contributed by atoms with van der Waals surface area (Å²) in [5, 5.41) is 21.3. The molecule has 5 aromatic carbocycles. The van der Waals surface area contributed by atoms with Gasteiger partial charge in [0.15, 0.2) is 0 Å². The molecule has 8 heteroatoms. The number of rotatable bonds is 19. The molecule has 5 aromatic rings. The molecule has 0 bridgehead atoms. The van der Waals surface area contributed by atoms with Crippen molar-refractivity contribution in [3.8, 4) is 11.1 Å². The van der Waals surface area contributed by atoms with Crippen LogP contribution in [0.3, 0.4) is 0 Å². The Balaban J connectivity index is 0.000000308. The lowest BCUT2D eigenvalue weighted by Gasteiger charge is -2.34. The van der Waals surface area contributed by atoms with Crippen LogP contribution in [-0.2, 0) is 36.1 Å². The molecule has 6 nitrogen and oxygen atoms in total. The smallest absolute Gasteiger partial charge is 0.399 e. The first-order chi connectivity index (χ1) is 35.4. The van der Waals surface area contributed by atoms with Crippen molar-refractivity contribution in [2.45, 2.75) is 209 Å². The average Bonchev–Trinajstić information content (AvgIpc) is 3.61. The van der Waals surface area contributed by atoms with E-state index < -0.39 is 11.2 Å². The van der Waals surface area contributed by atoms with Crippen molar-refractivity contribution in [1.82, 2.24) is 0 Å². The zero-order valence-electron chi connectivity index (χ0n) is 48.8. The van der Waals surface area contributed by atoms with Gasteiger partial charge in [-0.05, 0) is 191 Å². The summed E-state index contributed by atoms with van der Waals surface area (Å²) in [5.41, 5.74) is 13.9. The van der Waals surface area contributed by atoms with Gasteiger partial charge in [-0.15, -0.1) is 0 Å². The lowest BCUT2D eigenvalue weighted by molar-refractivity contribution is -0.191. The van der Waals surface area contributed by atoms with Gasteiger partial charge in [-0.25, -0.2) is 4.39 Å². The van der Waals surface area contributed by atoms with Crippen LogP contribution in [0.25, 0.3) is 23.3 Å². The monoisotopic (exact) mass is 1020 g/mol. The van der Waals surface area contributed by atoms with Crippen molar-refractivity contribution in [3.63, 3.8) is 0 Å². The predicted molar refractivity (Wildman–Crippen MR) is 312 cm³/mol. The van der Waals surface area contributed by atoms with Gasteiger partial charge in [-0.2, -0.15) is 9.59 Å². The van der Waals surface area contributed by atoms with Crippen LogP contribution >= 0.6 is 0 Å². The molecule has 75 heavy (non-hydrogen) atoms. The molecule has 0 atom stereocenters. The third-order valence-electron chi connectivity index (χ3n) is 17.5. The Morgan fingerprint density at radius 2 is 0.893 bits per heavy atom. The van der Waals surface area contributed by atoms with Crippen LogP contribution in [0.2, 0.25) is 0 Å². The first-order valence-corrected chi connectivity index (χ1v) is 27.8. The normalized spacial score (nSPS) is 14.6. The van der Waals surface area contributed by atoms with E-state index in [4.69, 9.17) is 18.9 Å². The van der Waals surface area contributed by atoms with Crippen molar-refractivity contribution in [2.24, 2.45) is 0 Å². The van der Waals surface area contributed by atoms with Crippen LogP contribution < -0.4 is 5.46 Å². The first-order valence-electron chi connectivity index (χ1n) is 27.8. The molecule has 2 N–H and O–H groups in total. The van der Waals surface area contributed by atoms with Crippen LogP contribution in [0.1, 0.15) is 203 Å². The highest BCUT2D eigenvalue weighted by Gasteiger charge is 2.52. The molecular formula is C67H90BFO6. The van der Waals surface area contributed by atoms with E-state index in [-0.39, 0.29) is 41.1 Å². The van der Waals surface area contributed by atoms with E-state index in [1.165, 1.54) is 38.9 Å².